The highest BCUT2D eigenvalue weighted by atomic mass is 35.5. The smallest absolute Gasteiger partial charge is 0.155 e. The Morgan fingerprint density at radius 1 is 1.08 bits per heavy atom. The van der Waals surface area contributed by atoms with Gasteiger partial charge in [0.05, 0.1) is 10.5 Å². The molecule has 0 unspecified atom stereocenters. The van der Waals surface area contributed by atoms with Crippen molar-refractivity contribution in [2.24, 2.45) is 0 Å². The van der Waals surface area contributed by atoms with Gasteiger partial charge in [0.1, 0.15) is 0 Å². The largest absolute Gasteiger partial charge is 0.367 e. The molecule has 1 aromatic heterocycles. The van der Waals surface area contributed by atoms with E-state index in [9.17, 15) is 0 Å². The molecule has 4 rings (SSSR count). The number of likely N-dealkylation sites (tertiary alicyclic amines) is 1. The van der Waals surface area contributed by atoms with Crippen LogP contribution in [0.4, 0.5) is 5.82 Å². The molecule has 5 heteroatoms. The molecule has 1 aliphatic rings. The van der Waals surface area contributed by atoms with Crippen LogP contribution in [-0.4, -0.2) is 41.3 Å². The summed E-state index contributed by atoms with van der Waals surface area (Å²) in [7, 11) is 0. The Morgan fingerprint density at radius 3 is 2.68 bits per heavy atom. The van der Waals surface area contributed by atoms with Crippen LogP contribution in [0.15, 0.2) is 42.5 Å². The average Bonchev–Trinajstić information content (AvgIpc) is 3.04. The van der Waals surface area contributed by atoms with E-state index in [1.54, 1.807) is 0 Å². The van der Waals surface area contributed by atoms with Gasteiger partial charge in [0, 0.05) is 24.0 Å². The first kappa shape index (κ1) is 16.4. The summed E-state index contributed by atoms with van der Waals surface area (Å²) in [5, 5.41) is 12.8. The lowest BCUT2D eigenvalue weighted by atomic mass is 10.0. The van der Waals surface area contributed by atoms with Gasteiger partial charge in [-0.25, -0.2) is 0 Å². The number of hydrogen-bond donors (Lipinski definition) is 2. The summed E-state index contributed by atoms with van der Waals surface area (Å²) in [4.78, 5) is 2.53. The molecule has 3 aromatic rings. The van der Waals surface area contributed by atoms with Crippen molar-refractivity contribution in [2.45, 2.75) is 19.3 Å². The van der Waals surface area contributed by atoms with Crippen molar-refractivity contribution < 1.29 is 0 Å². The number of H-pyrrole nitrogens is 1. The molecule has 2 N–H and O–H groups in total. The second-order valence-corrected chi connectivity index (χ2v) is 7.05. The Kier molecular flexibility index (Phi) is 4.90. The van der Waals surface area contributed by atoms with Crippen LogP contribution >= 0.6 is 11.6 Å². The molecule has 0 amide bonds. The maximum absolute atomic E-state index is 6.48. The Balaban J connectivity index is 1.53. The fraction of sp³-hybridized carbons (Fsp3) is 0.350. The lowest BCUT2D eigenvalue weighted by Gasteiger charge is -2.26. The minimum Gasteiger partial charge on any atom is -0.367 e. The average molecular weight is 355 g/mol. The molecule has 1 saturated heterocycles. The van der Waals surface area contributed by atoms with Crippen molar-refractivity contribution in [1.29, 1.82) is 0 Å². The molecule has 25 heavy (non-hydrogen) atoms. The number of halogens is 1. The fourth-order valence-corrected chi connectivity index (χ4v) is 3.80. The van der Waals surface area contributed by atoms with Gasteiger partial charge < -0.3 is 10.2 Å². The minimum atomic E-state index is 0.738. The summed E-state index contributed by atoms with van der Waals surface area (Å²) in [6.07, 6.45) is 4.02. The molecule has 2 aromatic carbocycles. The van der Waals surface area contributed by atoms with Crippen LogP contribution < -0.4 is 5.32 Å². The number of benzene rings is 2. The fourth-order valence-electron chi connectivity index (χ4n) is 3.53. The summed E-state index contributed by atoms with van der Waals surface area (Å²) in [5.74, 6) is 0.904. The molecular formula is C20H23ClN4. The van der Waals surface area contributed by atoms with Crippen LogP contribution in [0.1, 0.15) is 19.3 Å². The van der Waals surface area contributed by atoms with Gasteiger partial charge >= 0.3 is 0 Å². The van der Waals surface area contributed by atoms with Gasteiger partial charge in [-0.05, 0) is 43.6 Å². The Morgan fingerprint density at radius 2 is 1.88 bits per heavy atom. The highest BCUT2D eigenvalue weighted by Gasteiger charge is 2.12. The number of anilines is 1. The highest BCUT2D eigenvalue weighted by Crippen LogP contribution is 2.33. The van der Waals surface area contributed by atoms with Crippen molar-refractivity contribution in [3.05, 3.63) is 47.5 Å². The number of rotatable bonds is 5. The zero-order valence-electron chi connectivity index (χ0n) is 14.3. The van der Waals surface area contributed by atoms with E-state index in [0.717, 1.165) is 46.0 Å². The van der Waals surface area contributed by atoms with Crippen LogP contribution in [-0.2, 0) is 0 Å². The molecule has 0 bridgehead atoms. The number of piperidine rings is 1. The maximum Gasteiger partial charge on any atom is 0.155 e. The number of aromatic nitrogens is 2. The van der Waals surface area contributed by atoms with Gasteiger partial charge in [0.2, 0.25) is 0 Å². The first-order chi connectivity index (χ1) is 12.3. The van der Waals surface area contributed by atoms with Gasteiger partial charge in [-0.15, -0.1) is 0 Å². The van der Waals surface area contributed by atoms with Crippen molar-refractivity contribution in [1.82, 2.24) is 15.1 Å². The van der Waals surface area contributed by atoms with Gasteiger partial charge in [0.25, 0.3) is 0 Å². The van der Waals surface area contributed by atoms with E-state index < -0.39 is 0 Å². The highest BCUT2D eigenvalue weighted by molar-refractivity contribution is 6.34. The van der Waals surface area contributed by atoms with E-state index >= 15 is 0 Å². The second-order valence-electron chi connectivity index (χ2n) is 6.64. The number of nitrogens with zero attached hydrogens (tertiary/aromatic N) is 2. The normalized spacial score (nSPS) is 15.6. The summed E-state index contributed by atoms with van der Waals surface area (Å²) in [6.45, 7) is 4.41. The monoisotopic (exact) mass is 354 g/mol. The molecule has 2 heterocycles. The van der Waals surface area contributed by atoms with Gasteiger partial charge in [-0.3, -0.25) is 5.10 Å². The molecule has 0 radical (unpaired) electrons. The summed E-state index contributed by atoms with van der Waals surface area (Å²) in [5.41, 5.74) is 3.12. The van der Waals surface area contributed by atoms with Crippen LogP contribution in [0, 0.1) is 0 Å². The van der Waals surface area contributed by atoms with E-state index in [1.807, 2.05) is 24.3 Å². The molecule has 4 nitrogen and oxygen atoms in total. The standard InChI is InChI=1S/C20H23ClN4/c21-18-14-19-17(13-16(18)15-7-3-1-4-8-15)20(24-23-19)22-9-12-25-10-5-2-6-11-25/h1,3-4,7-8,13-14H,2,5-6,9-12H2,(H2,22,23,24). The predicted molar refractivity (Wildman–Crippen MR) is 105 cm³/mol. The van der Waals surface area contributed by atoms with Crippen LogP contribution in [0.2, 0.25) is 5.02 Å². The quantitative estimate of drug-likeness (QED) is 0.693. The van der Waals surface area contributed by atoms with Gasteiger partial charge in [-0.1, -0.05) is 48.4 Å². The third kappa shape index (κ3) is 3.65. The number of hydrogen-bond acceptors (Lipinski definition) is 3. The zero-order valence-corrected chi connectivity index (χ0v) is 15.0. The lowest BCUT2D eigenvalue weighted by molar-refractivity contribution is 0.237. The SMILES string of the molecule is Clc1cc2[nH]nc(NCCN3CCCCC3)c2cc1-c1ccccc1. The van der Waals surface area contributed by atoms with E-state index in [-0.39, 0.29) is 0 Å². The third-order valence-electron chi connectivity index (χ3n) is 4.90. The Bertz CT molecular complexity index is 838. The van der Waals surface area contributed by atoms with E-state index in [4.69, 9.17) is 11.6 Å². The maximum atomic E-state index is 6.48. The minimum absolute atomic E-state index is 0.738. The van der Waals surface area contributed by atoms with E-state index in [1.165, 1.54) is 32.4 Å². The van der Waals surface area contributed by atoms with E-state index in [0.29, 0.717) is 0 Å². The molecule has 0 saturated carbocycles. The zero-order chi connectivity index (χ0) is 17.1. The topological polar surface area (TPSA) is 44.0 Å². The summed E-state index contributed by atoms with van der Waals surface area (Å²) in [6, 6.07) is 14.3. The first-order valence-corrected chi connectivity index (χ1v) is 9.38. The Hall–Kier alpha value is -2.04. The van der Waals surface area contributed by atoms with Crippen molar-refractivity contribution in [3.8, 4) is 11.1 Å². The molecule has 0 atom stereocenters. The lowest BCUT2D eigenvalue weighted by Crippen LogP contribution is -2.33. The Labute approximate surface area is 153 Å². The number of fused-ring (bicyclic) bond motifs is 1. The van der Waals surface area contributed by atoms with Crippen molar-refractivity contribution in [3.63, 3.8) is 0 Å². The second kappa shape index (κ2) is 7.46. The molecular weight excluding hydrogens is 332 g/mol. The van der Waals surface area contributed by atoms with E-state index in [2.05, 4.69) is 38.6 Å². The van der Waals surface area contributed by atoms with Crippen LogP contribution in [0.3, 0.4) is 0 Å². The van der Waals surface area contributed by atoms with Crippen LogP contribution in [0.25, 0.3) is 22.0 Å². The van der Waals surface area contributed by atoms with Gasteiger partial charge in [0.15, 0.2) is 5.82 Å². The summed E-state index contributed by atoms with van der Waals surface area (Å²) >= 11 is 6.48. The molecule has 1 fully saturated rings. The molecule has 0 spiro atoms. The predicted octanol–water partition coefficient (Wildman–Crippen LogP) is 4.78. The third-order valence-corrected chi connectivity index (χ3v) is 5.22. The van der Waals surface area contributed by atoms with Crippen molar-refractivity contribution in [2.75, 3.05) is 31.5 Å². The summed E-state index contributed by atoms with van der Waals surface area (Å²) < 4.78 is 0. The van der Waals surface area contributed by atoms with Gasteiger partial charge in [-0.2, -0.15) is 5.10 Å². The first-order valence-electron chi connectivity index (χ1n) is 9.00. The number of aromatic amines is 1. The molecule has 1 aliphatic heterocycles. The number of nitrogens with one attached hydrogen (secondary N) is 2. The van der Waals surface area contributed by atoms with Crippen LogP contribution in [0.5, 0.6) is 0 Å². The molecule has 130 valence electrons. The molecule has 0 aliphatic carbocycles. The van der Waals surface area contributed by atoms with Crippen molar-refractivity contribution >= 4 is 28.3 Å².